The first kappa shape index (κ1) is 10.9. The van der Waals surface area contributed by atoms with Crippen molar-refractivity contribution < 1.29 is 14.7 Å². The molecule has 3 nitrogen and oxygen atoms in total. The van der Waals surface area contributed by atoms with E-state index >= 15 is 0 Å². The smallest absolute Gasteiger partial charge is 0.158 e. The summed E-state index contributed by atoms with van der Waals surface area (Å²) in [5, 5.41) is 9.36. The third-order valence-electron chi connectivity index (χ3n) is 1.93. The molecule has 0 aliphatic heterocycles. The Hall–Kier alpha value is -1.12. The largest absolute Gasteiger partial charge is 0.511 e. The molecular weight excluding hydrogens is 156 g/mol. The third-order valence-corrected chi connectivity index (χ3v) is 1.93. The minimum atomic E-state index is -0.575. The molecule has 0 fully saturated rings. The van der Waals surface area contributed by atoms with Gasteiger partial charge in [0.15, 0.2) is 5.78 Å². The first-order valence-electron chi connectivity index (χ1n) is 3.79. The van der Waals surface area contributed by atoms with Crippen molar-refractivity contribution in [3.05, 3.63) is 11.3 Å². The molecule has 0 bridgehead atoms. The monoisotopic (exact) mass is 170 g/mol. The van der Waals surface area contributed by atoms with Crippen molar-refractivity contribution in [2.75, 3.05) is 0 Å². The molecule has 0 saturated heterocycles. The number of carbonyl (C=O) groups excluding carboxylic acids is 2. The summed E-state index contributed by atoms with van der Waals surface area (Å²) in [6, 6.07) is 0. The van der Waals surface area contributed by atoms with Gasteiger partial charge in [-0.3, -0.25) is 9.59 Å². The van der Waals surface area contributed by atoms with Gasteiger partial charge in [-0.2, -0.15) is 0 Å². The van der Waals surface area contributed by atoms with Gasteiger partial charge in [0.05, 0.1) is 5.92 Å². The molecule has 0 radical (unpaired) electrons. The number of hydrogen-bond acceptors (Lipinski definition) is 3. The van der Waals surface area contributed by atoms with Gasteiger partial charge in [-0.1, -0.05) is 0 Å². The fourth-order valence-electron chi connectivity index (χ4n) is 0.698. The Labute approximate surface area is 72.1 Å². The first-order chi connectivity index (χ1) is 5.37. The van der Waals surface area contributed by atoms with Gasteiger partial charge in [0.1, 0.15) is 11.5 Å². The number of aliphatic hydroxyl groups is 1. The minimum absolute atomic E-state index is 0.116. The van der Waals surface area contributed by atoms with Crippen LogP contribution in [0.15, 0.2) is 11.3 Å². The molecule has 3 heteroatoms. The van der Waals surface area contributed by atoms with Crippen LogP contribution in [-0.4, -0.2) is 16.7 Å². The summed E-state index contributed by atoms with van der Waals surface area (Å²) in [6.07, 6.45) is 0. The number of aliphatic hydroxyl groups excluding tert-OH is 1. The van der Waals surface area contributed by atoms with Crippen LogP contribution in [0.3, 0.4) is 0 Å². The maximum Gasteiger partial charge on any atom is 0.158 e. The number of Topliss-reactive ketones (excluding diaryl/α,β-unsaturated/α-hetero) is 2. The van der Waals surface area contributed by atoms with E-state index in [0.29, 0.717) is 0 Å². The SMILES string of the molecule is CC(=O)/C(C)=C(\O)C(C)C(C)=O. The predicted molar refractivity (Wildman–Crippen MR) is 45.9 cm³/mol. The van der Waals surface area contributed by atoms with Crippen LogP contribution in [0.4, 0.5) is 0 Å². The van der Waals surface area contributed by atoms with E-state index in [1.807, 2.05) is 0 Å². The Morgan fingerprint density at radius 1 is 1.17 bits per heavy atom. The zero-order valence-electron chi connectivity index (χ0n) is 7.84. The molecule has 68 valence electrons. The zero-order valence-corrected chi connectivity index (χ0v) is 7.84. The van der Waals surface area contributed by atoms with Crippen molar-refractivity contribution in [3.8, 4) is 0 Å². The molecule has 0 amide bonds. The fourth-order valence-corrected chi connectivity index (χ4v) is 0.698. The highest BCUT2D eigenvalue weighted by Crippen LogP contribution is 2.13. The van der Waals surface area contributed by atoms with E-state index in [1.165, 1.54) is 20.8 Å². The fraction of sp³-hybridized carbons (Fsp3) is 0.556. The Morgan fingerprint density at radius 3 is 1.83 bits per heavy atom. The molecule has 0 aliphatic carbocycles. The van der Waals surface area contributed by atoms with Crippen LogP contribution < -0.4 is 0 Å². The lowest BCUT2D eigenvalue weighted by Gasteiger charge is -2.08. The van der Waals surface area contributed by atoms with E-state index in [-0.39, 0.29) is 22.9 Å². The molecule has 0 aromatic rings. The first-order valence-corrected chi connectivity index (χ1v) is 3.79. The maximum absolute atomic E-state index is 10.8. The van der Waals surface area contributed by atoms with Gasteiger partial charge in [-0.15, -0.1) is 0 Å². The average Bonchev–Trinajstić information content (AvgIpc) is 2.00. The summed E-state index contributed by atoms with van der Waals surface area (Å²) in [5.74, 6) is -1.04. The maximum atomic E-state index is 10.8. The highest BCUT2D eigenvalue weighted by atomic mass is 16.3. The molecule has 1 N–H and O–H groups in total. The molecular formula is C9H14O3. The molecule has 0 heterocycles. The van der Waals surface area contributed by atoms with Crippen LogP contribution in [0.25, 0.3) is 0 Å². The standard InChI is InChI=1S/C9H14O3/c1-5(7(3)10)9(12)6(2)8(4)11/h5,12H,1-4H3/b9-6-. The van der Waals surface area contributed by atoms with Gasteiger partial charge in [0.2, 0.25) is 0 Å². The number of rotatable bonds is 3. The molecule has 0 saturated carbocycles. The van der Waals surface area contributed by atoms with Gasteiger partial charge >= 0.3 is 0 Å². The van der Waals surface area contributed by atoms with E-state index in [1.54, 1.807) is 6.92 Å². The second-order valence-corrected chi connectivity index (χ2v) is 2.90. The summed E-state index contributed by atoms with van der Waals surface area (Å²) >= 11 is 0. The molecule has 0 aliphatic rings. The van der Waals surface area contributed by atoms with E-state index in [9.17, 15) is 14.7 Å². The molecule has 0 rings (SSSR count). The van der Waals surface area contributed by atoms with Crippen molar-refractivity contribution in [3.63, 3.8) is 0 Å². The summed E-state index contributed by atoms with van der Waals surface area (Å²) in [5.41, 5.74) is 0.262. The second-order valence-electron chi connectivity index (χ2n) is 2.90. The van der Waals surface area contributed by atoms with Crippen LogP contribution in [0.1, 0.15) is 27.7 Å². The van der Waals surface area contributed by atoms with Gasteiger partial charge in [-0.25, -0.2) is 0 Å². The van der Waals surface area contributed by atoms with Crippen molar-refractivity contribution >= 4 is 11.6 Å². The van der Waals surface area contributed by atoms with Gasteiger partial charge in [0, 0.05) is 5.57 Å². The third kappa shape index (κ3) is 2.49. The van der Waals surface area contributed by atoms with Crippen LogP contribution in [0.2, 0.25) is 0 Å². The summed E-state index contributed by atoms with van der Waals surface area (Å²) in [7, 11) is 0. The Balaban J connectivity index is 4.78. The number of hydrogen-bond donors (Lipinski definition) is 1. The lowest BCUT2D eigenvalue weighted by Crippen LogP contribution is -2.12. The molecule has 1 atom stereocenters. The van der Waals surface area contributed by atoms with Crippen LogP contribution in [0, 0.1) is 5.92 Å². The average molecular weight is 170 g/mol. The minimum Gasteiger partial charge on any atom is -0.511 e. The highest BCUT2D eigenvalue weighted by molar-refractivity contribution is 5.94. The topological polar surface area (TPSA) is 54.4 Å². The van der Waals surface area contributed by atoms with E-state index in [0.717, 1.165) is 0 Å². The Morgan fingerprint density at radius 2 is 1.58 bits per heavy atom. The molecule has 12 heavy (non-hydrogen) atoms. The van der Waals surface area contributed by atoms with E-state index < -0.39 is 5.92 Å². The predicted octanol–water partition coefficient (Wildman–Crippen LogP) is 1.63. The summed E-state index contributed by atoms with van der Waals surface area (Å²) < 4.78 is 0. The Kier molecular flexibility index (Phi) is 3.67. The molecule has 0 aromatic heterocycles. The van der Waals surface area contributed by atoms with Crippen molar-refractivity contribution in [1.82, 2.24) is 0 Å². The summed E-state index contributed by atoms with van der Waals surface area (Å²) in [6.45, 7) is 5.83. The number of carbonyl (C=O) groups is 2. The number of allylic oxidation sites excluding steroid dienone is 2. The van der Waals surface area contributed by atoms with Crippen molar-refractivity contribution in [1.29, 1.82) is 0 Å². The lowest BCUT2D eigenvalue weighted by atomic mass is 10.0. The van der Waals surface area contributed by atoms with Gasteiger partial charge < -0.3 is 5.11 Å². The normalized spacial score (nSPS) is 15.0. The van der Waals surface area contributed by atoms with E-state index in [2.05, 4.69) is 0 Å². The second kappa shape index (κ2) is 4.04. The van der Waals surface area contributed by atoms with E-state index in [4.69, 9.17) is 0 Å². The van der Waals surface area contributed by atoms with Crippen LogP contribution >= 0.6 is 0 Å². The lowest BCUT2D eigenvalue weighted by molar-refractivity contribution is -0.119. The van der Waals surface area contributed by atoms with Gasteiger partial charge in [0.25, 0.3) is 0 Å². The number of ketones is 2. The quantitative estimate of drug-likeness (QED) is 0.517. The molecule has 0 aromatic carbocycles. The highest BCUT2D eigenvalue weighted by Gasteiger charge is 2.16. The van der Waals surface area contributed by atoms with Crippen molar-refractivity contribution in [2.45, 2.75) is 27.7 Å². The van der Waals surface area contributed by atoms with Crippen molar-refractivity contribution in [2.24, 2.45) is 5.92 Å². The zero-order chi connectivity index (χ0) is 9.89. The molecule has 1 unspecified atom stereocenters. The summed E-state index contributed by atoms with van der Waals surface area (Å²) in [4.78, 5) is 21.6. The van der Waals surface area contributed by atoms with Gasteiger partial charge in [-0.05, 0) is 27.7 Å². The molecule has 0 spiro atoms. The Bertz CT molecular complexity index is 238. The van der Waals surface area contributed by atoms with Crippen LogP contribution in [-0.2, 0) is 9.59 Å². The van der Waals surface area contributed by atoms with Crippen LogP contribution in [0.5, 0.6) is 0 Å².